The van der Waals surface area contributed by atoms with Gasteiger partial charge in [0.15, 0.2) is 0 Å². The minimum atomic E-state index is -0.143. The van der Waals surface area contributed by atoms with Crippen LogP contribution in [0.25, 0.3) is 0 Å². The SMILES string of the molecule is Cc1ccsc1CN1C[C@@H]2C[C@@H](O)CN2C[C@@H]1Cc1ccccc1. The van der Waals surface area contributed by atoms with Gasteiger partial charge in [0.25, 0.3) is 0 Å². The number of benzene rings is 1. The van der Waals surface area contributed by atoms with Crippen LogP contribution < -0.4 is 0 Å². The first kappa shape index (κ1) is 16.3. The highest BCUT2D eigenvalue weighted by Crippen LogP contribution is 2.29. The van der Waals surface area contributed by atoms with E-state index in [1.165, 1.54) is 16.0 Å². The molecule has 2 aliphatic rings. The summed E-state index contributed by atoms with van der Waals surface area (Å²) in [7, 11) is 0. The first-order chi connectivity index (χ1) is 11.7. The molecule has 1 aromatic heterocycles. The number of nitrogens with zero attached hydrogens (tertiary/aromatic N) is 2. The van der Waals surface area contributed by atoms with Crippen LogP contribution in [0.15, 0.2) is 41.8 Å². The van der Waals surface area contributed by atoms with E-state index in [1.54, 1.807) is 0 Å². The quantitative estimate of drug-likeness (QED) is 0.925. The molecule has 0 aliphatic carbocycles. The third kappa shape index (κ3) is 3.42. The number of hydrogen-bond acceptors (Lipinski definition) is 4. The molecule has 2 aromatic rings. The lowest BCUT2D eigenvalue weighted by Crippen LogP contribution is -2.56. The van der Waals surface area contributed by atoms with E-state index in [0.717, 1.165) is 39.0 Å². The van der Waals surface area contributed by atoms with Crippen LogP contribution in [0.3, 0.4) is 0 Å². The summed E-state index contributed by atoms with van der Waals surface area (Å²) < 4.78 is 0. The third-order valence-electron chi connectivity index (χ3n) is 5.54. The third-order valence-corrected chi connectivity index (χ3v) is 6.55. The first-order valence-electron chi connectivity index (χ1n) is 8.92. The van der Waals surface area contributed by atoms with E-state index in [9.17, 15) is 5.11 Å². The molecule has 3 nitrogen and oxygen atoms in total. The first-order valence-corrected chi connectivity index (χ1v) is 9.80. The van der Waals surface area contributed by atoms with Gasteiger partial charge in [-0.2, -0.15) is 0 Å². The predicted octanol–water partition coefficient (Wildman–Crippen LogP) is 2.92. The highest BCUT2D eigenvalue weighted by atomic mass is 32.1. The Kier molecular flexibility index (Phi) is 4.72. The Morgan fingerprint density at radius 2 is 1.96 bits per heavy atom. The van der Waals surface area contributed by atoms with Gasteiger partial charge in [0, 0.05) is 43.1 Å². The molecule has 2 saturated heterocycles. The molecule has 3 heterocycles. The molecule has 4 heteroatoms. The highest BCUT2D eigenvalue weighted by Gasteiger charge is 2.39. The van der Waals surface area contributed by atoms with E-state index >= 15 is 0 Å². The summed E-state index contributed by atoms with van der Waals surface area (Å²) in [6.07, 6.45) is 1.87. The van der Waals surface area contributed by atoms with Crippen molar-refractivity contribution in [2.45, 2.75) is 44.5 Å². The minimum Gasteiger partial charge on any atom is -0.392 e. The van der Waals surface area contributed by atoms with Crippen molar-refractivity contribution in [2.24, 2.45) is 0 Å². The Labute approximate surface area is 148 Å². The molecule has 0 radical (unpaired) electrons. The smallest absolute Gasteiger partial charge is 0.0682 e. The molecule has 0 amide bonds. The maximum absolute atomic E-state index is 10.1. The van der Waals surface area contributed by atoms with E-state index in [1.807, 2.05) is 11.3 Å². The van der Waals surface area contributed by atoms with Crippen molar-refractivity contribution in [3.8, 4) is 0 Å². The monoisotopic (exact) mass is 342 g/mol. The highest BCUT2D eigenvalue weighted by molar-refractivity contribution is 7.10. The molecule has 0 unspecified atom stereocenters. The molecule has 0 spiro atoms. The van der Waals surface area contributed by atoms with Gasteiger partial charge in [-0.05, 0) is 42.3 Å². The van der Waals surface area contributed by atoms with Gasteiger partial charge in [0.1, 0.15) is 0 Å². The zero-order valence-electron chi connectivity index (χ0n) is 14.3. The van der Waals surface area contributed by atoms with Gasteiger partial charge in [-0.1, -0.05) is 30.3 Å². The molecule has 1 aromatic carbocycles. The van der Waals surface area contributed by atoms with Crippen LogP contribution in [0.5, 0.6) is 0 Å². The van der Waals surface area contributed by atoms with Gasteiger partial charge in [-0.25, -0.2) is 0 Å². The van der Waals surface area contributed by atoms with Crippen LogP contribution in [-0.2, 0) is 13.0 Å². The van der Waals surface area contributed by atoms with Crippen molar-refractivity contribution in [3.63, 3.8) is 0 Å². The molecular weight excluding hydrogens is 316 g/mol. The van der Waals surface area contributed by atoms with Crippen molar-refractivity contribution < 1.29 is 5.11 Å². The predicted molar refractivity (Wildman–Crippen MR) is 99.4 cm³/mol. The summed E-state index contributed by atoms with van der Waals surface area (Å²) in [5.74, 6) is 0. The van der Waals surface area contributed by atoms with Gasteiger partial charge in [0.05, 0.1) is 6.10 Å². The van der Waals surface area contributed by atoms with E-state index in [2.05, 4.69) is 58.5 Å². The number of piperazine rings is 1. The number of aryl methyl sites for hydroxylation is 1. The second kappa shape index (κ2) is 6.96. The maximum Gasteiger partial charge on any atom is 0.0682 e. The number of rotatable bonds is 4. The second-order valence-corrected chi connectivity index (χ2v) is 8.30. The summed E-state index contributed by atoms with van der Waals surface area (Å²) in [6, 6.07) is 14.1. The molecule has 4 rings (SSSR count). The maximum atomic E-state index is 10.1. The van der Waals surface area contributed by atoms with Crippen molar-refractivity contribution in [3.05, 3.63) is 57.8 Å². The number of hydrogen-bond donors (Lipinski definition) is 1. The lowest BCUT2D eigenvalue weighted by atomic mass is 9.99. The molecule has 2 aliphatic heterocycles. The molecule has 0 saturated carbocycles. The Hall–Kier alpha value is -1.20. The van der Waals surface area contributed by atoms with Gasteiger partial charge >= 0.3 is 0 Å². The van der Waals surface area contributed by atoms with Crippen molar-refractivity contribution in [1.82, 2.24) is 9.80 Å². The van der Waals surface area contributed by atoms with Crippen LogP contribution in [0.4, 0.5) is 0 Å². The van der Waals surface area contributed by atoms with Crippen LogP contribution >= 0.6 is 11.3 Å². The number of fused-ring (bicyclic) bond motifs is 1. The van der Waals surface area contributed by atoms with Gasteiger partial charge < -0.3 is 5.11 Å². The number of thiophene rings is 1. The van der Waals surface area contributed by atoms with Crippen molar-refractivity contribution in [1.29, 1.82) is 0 Å². The van der Waals surface area contributed by atoms with E-state index in [0.29, 0.717) is 12.1 Å². The largest absolute Gasteiger partial charge is 0.392 e. The zero-order chi connectivity index (χ0) is 16.5. The van der Waals surface area contributed by atoms with E-state index in [4.69, 9.17) is 0 Å². The molecule has 24 heavy (non-hydrogen) atoms. The lowest BCUT2D eigenvalue weighted by Gasteiger charge is -2.43. The lowest BCUT2D eigenvalue weighted by molar-refractivity contribution is 0.0451. The molecule has 128 valence electrons. The summed E-state index contributed by atoms with van der Waals surface area (Å²) in [5, 5.41) is 12.3. The Bertz CT molecular complexity index is 671. The van der Waals surface area contributed by atoms with Crippen LogP contribution in [-0.4, -0.2) is 52.7 Å². The zero-order valence-corrected chi connectivity index (χ0v) is 15.1. The van der Waals surface area contributed by atoms with E-state index in [-0.39, 0.29) is 6.10 Å². The Morgan fingerprint density at radius 1 is 1.12 bits per heavy atom. The average Bonchev–Trinajstić information content (AvgIpc) is 3.13. The van der Waals surface area contributed by atoms with Crippen molar-refractivity contribution in [2.75, 3.05) is 19.6 Å². The standard InChI is InChI=1S/C20H26N2OS/c1-15-7-8-24-20(15)14-22-12-18-10-19(23)13-21(18)11-17(22)9-16-5-3-2-4-6-16/h2-8,17-19,23H,9-14H2,1H3/t17-,18-,19+/m0/s1. The Morgan fingerprint density at radius 3 is 2.71 bits per heavy atom. The second-order valence-electron chi connectivity index (χ2n) is 7.30. The molecule has 1 N–H and O–H groups in total. The fourth-order valence-corrected chi connectivity index (χ4v) is 5.13. The van der Waals surface area contributed by atoms with Crippen LogP contribution in [0.1, 0.15) is 22.4 Å². The summed E-state index contributed by atoms with van der Waals surface area (Å²) in [4.78, 5) is 6.65. The van der Waals surface area contributed by atoms with Crippen LogP contribution in [0, 0.1) is 6.92 Å². The fourth-order valence-electron chi connectivity index (χ4n) is 4.20. The van der Waals surface area contributed by atoms with Gasteiger partial charge in [-0.15, -0.1) is 11.3 Å². The van der Waals surface area contributed by atoms with Gasteiger partial charge in [0.2, 0.25) is 0 Å². The minimum absolute atomic E-state index is 0.143. The topological polar surface area (TPSA) is 26.7 Å². The molecule has 3 atom stereocenters. The summed E-state index contributed by atoms with van der Waals surface area (Å²) in [6.45, 7) is 6.25. The Balaban J connectivity index is 1.53. The molecule has 0 bridgehead atoms. The van der Waals surface area contributed by atoms with Crippen LogP contribution in [0.2, 0.25) is 0 Å². The molecule has 2 fully saturated rings. The molecular formula is C20H26N2OS. The number of aliphatic hydroxyl groups excluding tert-OH is 1. The summed E-state index contributed by atoms with van der Waals surface area (Å²) >= 11 is 1.87. The normalized spacial score (nSPS) is 28.2. The van der Waals surface area contributed by atoms with E-state index < -0.39 is 0 Å². The van der Waals surface area contributed by atoms with Crippen molar-refractivity contribution >= 4 is 11.3 Å². The average molecular weight is 343 g/mol. The number of aliphatic hydroxyl groups is 1. The summed E-state index contributed by atoms with van der Waals surface area (Å²) in [5.41, 5.74) is 2.82. The van der Waals surface area contributed by atoms with Gasteiger partial charge in [-0.3, -0.25) is 9.80 Å². The fraction of sp³-hybridized carbons (Fsp3) is 0.500.